The quantitative estimate of drug-likeness (QED) is 0.862. The molecule has 2 aromatic rings. The summed E-state index contributed by atoms with van der Waals surface area (Å²) in [6, 6.07) is 3.22. The van der Waals surface area contributed by atoms with Crippen molar-refractivity contribution < 1.29 is 19.4 Å². The van der Waals surface area contributed by atoms with Crippen LogP contribution in [0.5, 0.6) is 11.5 Å². The number of aryl methyl sites for hydroxylation is 1. The van der Waals surface area contributed by atoms with Crippen molar-refractivity contribution in [3.8, 4) is 11.5 Å². The standard InChI is InChI=1S/C14H16N2O5/c1-20-11-6-9-10(7-12(11)21-2)15-8-16(14(9)19)5-3-4-13(17)18/h6-8H,3-5H2,1-2H3,(H,17,18). The Morgan fingerprint density at radius 2 is 1.95 bits per heavy atom. The highest BCUT2D eigenvalue weighted by atomic mass is 16.5. The fourth-order valence-corrected chi connectivity index (χ4v) is 2.05. The lowest BCUT2D eigenvalue weighted by atomic mass is 10.2. The molecule has 0 aliphatic carbocycles. The van der Waals surface area contributed by atoms with Gasteiger partial charge in [-0.05, 0) is 12.5 Å². The van der Waals surface area contributed by atoms with Crippen molar-refractivity contribution in [3.63, 3.8) is 0 Å². The number of aromatic nitrogens is 2. The number of hydrogen-bond donors (Lipinski definition) is 1. The molecule has 0 aliphatic rings. The number of aliphatic carboxylic acids is 1. The van der Waals surface area contributed by atoms with Crippen molar-refractivity contribution >= 4 is 16.9 Å². The van der Waals surface area contributed by atoms with Crippen LogP contribution in [0.2, 0.25) is 0 Å². The highest BCUT2D eigenvalue weighted by Gasteiger charge is 2.11. The zero-order chi connectivity index (χ0) is 15.4. The number of nitrogens with zero attached hydrogens (tertiary/aromatic N) is 2. The van der Waals surface area contributed by atoms with E-state index in [9.17, 15) is 9.59 Å². The Morgan fingerprint density at radius 1 is 1.29 bits per heavy atom. The molecule has 0 fully saturated rings. The van der Waals surface area contributed by atoms with Crippen LogP contribution in [0, 0.1) is 0 Å². The van der Waals surface area contributed by atoms with Gasteiger partial charge in [-0.2, -0.15) is 0 Å². The summed E-state index contributed by atoms with van der Waals surface area (Å²) < 4.78 is 11.7. The highest BCUT2D eigenvalue weighted by Crippen LogP contribution is 2.29. The first kappa shape index (κ1) is 14.8. The van der Waals surface area contributed by atoms with Gasteiger partial charge in [0.2, 0.25) is 0 Å². The molecule has 0 atom stereocenters. The molecule has 0 aliphatic heterocycles. The summed E-state index contributed by atoms with van der Waals surface area (Å²) in [4.78, 5) is 27.1. The zero-order valence-electron chi connectivity index (χ0n) is 11.8. The van der Waals surface area contributed by atoms with E-state index in [1.54, 1.807) is 12.1 Å². The van der Waals surface area contributed by atoms with Gasteiger partial charge in [0.25, 0.3) is 5.56 Å². The molecule has 21 heavy (non-hydrogen) atoms. The Hall–Kier alpha value is -2.57. The van der Waals surface area contributed by atoms with E-state index >= 15 is 0 Å². The predicted molar refractivity (Wildman–Crippen MR) is 76.0 cm³/mol. The maximum absolute atomic E-state index is 12.4. The van der Waals surface area contributed by atoms with E-state index in [2.05, 4.69) is 4.98 Å². The van der Waals surface area contributed by atoms with Gasteiger partial charge in [0.1, 0.15) is 0 Å². The van der Waals surface area contributed by atoms with Gasteiger partial charge in [0.05, 0.1) is 31.4 Å². The minimum Gasteiger partial charge on any atom is -0.493 e. The molecule has 1 heterocycles. The molecule has 0 amide bonds. The fraction of sp³-hybridized carbons (Fsp3) is 0.357. The topological polar surface area (TPSA) is 90.7 Å². The SMILES string of the molecule is COc1cc2ncn(CCCC(=O)O)c(=O)c2cc1OC. The number of carboxylic acids is 1. The average molecular weight is 292 g/mol. The Morgan fingerprint density at radius 3 is 2.57 bits per heavy atom. The molecule has 1 aromatic carbocycles. The molecule has 0 saturated heterocycles. The van der Waals surface area contributed by atoms with Gasteiger partial charge in [0.15, 0.2) is 11.5 Å². The van der Waals surface area contributed by atoms with Crippen molar-refractivity contribution in [3.05, 3.63) is 28.8 Å². The van der Waals surface area contributed by atoms with E-state index in [0.717, 1.165) is 0 Å². The molecule has 7 heteroatoms. The second-order valence-electron chi connectivity index (χ2n) is 4.46. The third kappa shape index (κ3) is 3.13. The molecule has 0 saturated carbocycles. The summed E-state index contributed by atoms with van der Waals surface area (Å²) in [6.07, 6.45) is 1.80. The van der Waals surface area contributed by atoms with Crippen LogP contribution in [-0.2, 0) is 11.3 Å². The van der Waals surface area contributed by atoms with Gasteiger partial charge in [-0.1, -0.05) is 0 Å². The molecule has 1 aromatic heterocycles. The van der Waals surface area contributed by atoms with Crippen molar-refractivity contribution in [2.24, 2.45) is 0 Å². The minimum absolute atomic E-state index is 0.0103. The van der Waals surface area contributed by atoms with E-state index in [1.807, 2.05) is 0 Å². The molecule has 1 N–H and O–H groups in total. The number of carbonyl (C=O) groups is 1. The second kappa shape index (κ2) is 6.25. The first-order valence-corrected chi connectivity index (χ1v) is 6.39. The van der Waals surface area contributed by atoms with Crippen molar-refractivity contribution in [1.29, 1.82) is 0 Å². The van der Waals surface area contributed by atoms with E-state index in [4.69, 9.17) is 14.6 Å². The van der Waals surface area contributed by atoms with Crippen LogP contribution >= 0.6 is 0 Å². The third-order valence-electron chi connectivity index (χ3n) is 3.12. The molecular weight excluding hydrogens is 276 g/mol. The number of hydrogen-bond acceptors (Lipinski definition) is 5. The Balaban J connectivity index is 2.41. The number of rotatable bonds is 6. The lowest BCUT2D eigenvalue weighted by molar-refractivity contribution is -0.137. The van der Waals surface area contributed by atoms with Crippen molar-refractivity contribution in [2.45, 2.75) is 19.4 Å². The highest BCUT2D eigenvalue weighted by molar-refractivity contribution is 5.81. The van der Waals surface area contributed by atoms with Gasteiger partial charge in [-0.3, -0.25) is 14.2 Å². The van der Waals surface area contributed by atoms with Crippen LogP contribution in [-0.4, -0.2) is 34.8 Å². The number of methoxy groups -OCH3 is 2. The van der Waals surface area contributed by atoms with Crippen molar-refractivity contribution in [1.82, 2.24) is 9.55 Å². The van der Waals surface area contributed by atoms with E-state index in [0.29, 0.717) is 35.4 Å². The molecule has 0 bridgehead atoms. The first-order valence-electron chi connectivity index (χ1n) is 6.39. The Labute approximate surface area is 120 Å². The summed E-state index contributed by atoms with van der Waals surface area (Å²) in [5.41, 5.74) is 0.276. The van der Waals surface area contributed by atoms with Gasteiger partial charge < -0.3 is 14.6 Å². The van der Waals surface area contributed by atoms with Gasteiger partial charge in [0, 0.05) is 19.0 Å². The van der Waals surface area contributed by atoms with E-state index in [-0.39, 0.29) is 12.0 Å². The molecular formula is C14H16N2O5. The lowest BCUT2D eigenvalue weighted by Crippen LogP contribution is -2.21. The zero-order valence-corrected chi connectivity index (χ0v) is 11.8. The van der Waals surface area contributed by atoms with Crippen LogP contribution in [0.15, 0.2) is 23.3 Å². The number of ether oxygens (including phenoxy) is 2. The van der Waals surface area contributed by atoms with Crippen LogP contribution in [0.3, 0.4) is 0 Å². The second-order valence-corrected chi connectivity index (χ2v) is 4.46. The summed E-state index contributed by atoms with van der Waals surface area (Å²) >= 11 is 0. The maximum Gasteiger partial charge on any atom is 0.303 e. The fourth-order valence-electron chi connectivity index (χ4n) is 2.05. The number of fused-ring (bicyclic) bond motifs is 1. The third-order valence-corrected chi connectivity index (χ3v) is 3.12. The summed E-state index contributed by atoms with van der Waals surface area (Å²) in [5.74, 6) is 0.0657. The van der Waals surface area contributed by atoms with E-state index in [1.165, 1.54) is 25.1 Å². The Bertz CT molecular complexity index is 723. The average Bonchev–Trinajstić information content (AvgIpc) is 2.48. The number of carboxylic acid groups (broad SMARTS) is 1. The summed E-state index contributed by atoms with van der Waals surface area (Å²) in [7, 11) is 3.00. The van der Waals surface area contributed by atoms with Gasteiger partial charge >= 0.3 is 5.97 Å². The molecule has 7 nitrogen and oxygen atoms in total. The summed E-state index contributed by atoms with van der Waals surface area (Å²) in [6.45, 7) is 0.308. The molecule has 2 rings (SSSR count). The molecule has 0 radical (unpaired) electrons. The minimum atomic E-state index is -0.886. The maximum atomic E-state index is 12.4. The van der Waals surface area contributed by atoms with Crippen LogP contribution in [0.1, 0.15) is 12.8 Å². The predicted octanol–water partition coefficient (Wildman–Crippen LogP) is 1.28. The normalized spacial score (nSPS) is 10.6. The Kier molecular flexibility index (Phi) is 4.42. The monoisotopic (exact) mass is 292 g/mol. The molecule has 112 valence electrons. The summed E-state index contributed by atoms with van der Waals surface area (Å²) in [5, 5.41) is 9.03. The van der Waals surface area contributed by atoms with E-state index < -0.39 is 5.97 Å². The van der Waals surface area contributed by atoms with Crippen LogP contribution in [0.25, 0.3) is 10.9 Å². The smallest absolute Gasteiger partial charge is 0.303 e. The van der Waals surface area contributed by atoms with Gasteiger partial charge in [-0.15, -0.1) is 0 Å². The molecule has 0 spiro atoms. The molecule has 0 unspecified atom stereocenters. The number of benzene rings is 1. The van der Waals surface area contributed by atoms with Crippen LogP contribution in [0.4, 0.5) is 0 Å². The largest absolute Gasteiger partial charge is 0.493 e. The van der Waals surface area contributed by atoms with Gasteiger partial charge in [-0.25, -0.2) is 4.98 Å². The first-order chi connectivity index (χ1) is 10.1. The lowest BCUT2D eigenvalue weighted by Gasteiger charge is -2.10. The van der Waals surface area contributed by atoms with Crippen molar-refractivity contribution in [2.75, 3.05) is 14.2 Å². The van der Waals surface area contributed by atoms with Crippen LogP contribution < -0.4 is 15.0 Å².